The molecule has 12 heteroatoms. The lowest BCUT2D eigenvalue weighted by Gasteiger charge is -2.37. The van der Waals surface area contributed by atoms with Gasteiger partial charge in [-0.1, -0.05) is 59.6 Å². The van der Waals surface area contributed by atoms with E-state index in [2.05, 4.69) is 55.5 Å². The van der Waals surface area contributed by atoms with Crippen molar-refractivity contribution >= 4 is 30.0 Å². The molecule has 8 nitrogen and oxygen atoms in total. The van der Waals surface area contributed by atoms with Gasteiger partial charge in [-0.15, -0.1) is 0 Å². The van der Waals surface area contributed by atoms with Gasteiger partial charge in [-0.3, -0.25) is 14.3 Å². The molecule has 2 rings (SSSR count). The number of benzene rings is 1. The fraction of sp³-hybridized carbons (Fsp3) is 0.600. The average Bonchev–Trinajstić information content (AvgIpc) is 3.19. The van der Waals surface area contributed by atoms with E-state index in [-0.39, 0.29) is 48.1 Å². The van der Waals surface area contributed by atoms with E-state index < -0.39 is 24.5 Å². The molecule has 210 valence electrons. The summed E-state index contributed by atoms with van der Waals surface area (Å²) in [6, 6.07) is 4.17. The molecule has 1 aromatic carbocycles. The lowest BCUT2D eigenvalue weighted by molar-refractivity contribution is -0.174. The summed E-state index contributed by atoms with van der Waals surface area (Å²) in [5, 5.41) is 7.67. The number of rotatable bonds is 10. The van der Waals surface area contributed by atoms with Gasteiger partial charge in [0.05, 0.1) is 13.2 Å². The number of nitrogens with zero attached hydrogens (tertiary/aromatic N) is 2. The first kappa shape index (κ1) is 34.0. The molecule has 1 aromatic heterocycles. The van der Waals surface area contributed by atoms with Crippen molar-refractivity contribution in [2.24, 2.45) is 17.1 Å². The first-order chi connectivity index (χ1) is 17.3. The SMILES string of the molecule is C=O.CCCC(CC)C(NC(=O)c1nn(CCOCC(F)(F)F)c2c(F)cccc12)C(C)(C)C.NC=O. The third-order valence-electron chi connectivity index (χ3n) is 5.52. The van der Waals surface area contributed by atoms with Crippen LogP contribution in [-0.2, 0) is 20.9 Å². The van der Waals surface area contributed by atoms with Crippen molar-refractivity contribution in [2.75, 3.05) is 13.2 Å². The van der Waals surface area contributed by atoms with Gasteiger partial charge in [0.2, 0.25) is 6.41 Å². The molecular formula is C25H38F4N4O4. The summed E-state index contributed by atoms with van der Waals surface area (Å²) >= 11 is 0. The van der Waals surface area contributed by atoms with Gasteiger partial charge in [0.15, 0.2) is 5.69 Å². The number of alkyl halides is 3. The van der Waals surface area contributed by atoms with E-state index in [1.807, 2.05) is 6.79 Å². The molecule has 37 heavy (non-hydrogen) atoms. The van der Waals surface area contributed by atoms with Crippen LogP contribution >= 0.6 is 0 Å². The summed E-state index contributed by atoms with van der Waals surface area (Å²) in [5.41, 5.74) is 4.08. The zero-order valence-corrected chi connectivity index (χ0v) is 22.0. The van der Waals surface area contributed by atoms with Crippen molar-refractivity contribution in [3.8, 4) is 0 Å². The average molecular weight is 535 g/mol. The van der Waals surface area contributed by atoms with Crippen LogP contribution in [0.2, 0.25) is 0 Å². The highest BCUT2D eigenvalue weighted by Gasteiger charge is 2.33. The Hall–Kier alpha value is -3.02. The lowest BCUT2D eigenvalue weighted by atomic mass is 9.76. The Morgan fingerprint density at radius 3 is 2.32 bits per heavy atom. The smallest absolute Gasteiger partial charge is 0.372 e. The van der Waals surface area contributed by atoms with Crippen molar-refractivity contribution < 1.29 is 36.7 Å². The molecular weight excluding hydrogens is 496 g/mol. The quantitative estimate of drug-likeness (QED) is 0.262. The third-order valence-corrected chi connectivity index (χ3v) is 5.52. The largest absolute Gasteiger partial charge is 0.411 e. The zero-order chi connectivity index (χ0) is 28.8. The molecule has 0 aliphatic heterocycles. The van der Waals surface area contributed by atoms with Gasteiger partial charge in [-0.05, 0) is 23.8 Å². The summed E-state index contributed by atoms with van der Waals surface area (Å²) < 4.78 is 57.3. The van der Waals surface area contributed by atoms with Gasteiger partial charge in [-0.2, -0.15) is 18.3 Å². The molecule has 0 saturated carbocycles. The molecule has 0 spiro atoms. The van der Waals surface area contributed by atoms with Gasteiger partial charge in [-0.25, -0.2) is 4.39 Å². The van der Waals surface area contributed by atoms with Crippen molar-refractivity contribution in [1.29, 1.82) is 0 Å². The van der Waals surface area contributed by atoms with Crippen LogP contribution in [0.3, 0.4) is 0 Å². The molecule has 0 aliphatic rings. The minimum Gasteiger partial charge on any atom is -0.372 e. The van der Waals surface area contributed by atoms with Crippen molar-refractivity contribution in [2.45, 2.75) is 72.6 Å². The van der Waals surface area contributed by atoms with Gasteiger partial charge < -0.3 is 20.6 Å². The minimum absolute atomic E-state index is 0.0518. The van der Waals surface area contributed by atoms with E-state index >= 15 is 0 Å². The maximum Gasteiger partial charge on any atom is 0.411 e. The van der Waals surface area contributed by atoms with Crippen molar-refractivity contribution in [3.63, 3.8) is 0 Å². The highest BCUT2D eigenvalue weighted by Crippen LogP contribution is 2.31. The molecule has 2 unspecified atom stereocenters. The number of hydrogen-bond donors (Lipinski definition) is 2. The van der Waals surface area contributed by atoms with Crippen LogP contribution in [-0.4, -0.2) is 54.3 Å². The molecule has 3 N–H and O–H groups in total. The molecule has 1 heterocycles. The summed E-state index contributed by atoms with van der Waals surface area (Å²) in [5.74, 6) is -0.760. The Balaban J connectivity index is 0.00000241. The van der Waals surface area contributed by atoms with Gasteiger partial charge >= 0.3 is 6.18 Å². The number of fused-ring (bicyclic) bond motifs is 1. The topological polar surface area (TPSA) is 116 Å². The Morgan fingerprint density at radius 2 is 1.84 bits per heavy atom. The second-order valence-corrected chi connectivity index (χ2v) is 9.29. The third kappa shape index (κ3) is 10.9. The van der Waals surface area contributed by atoms with Crippen LogP contribution in [0.5, 0.6) is 0 Å². The van der Waals surface area contributed by atoms with E-state index in [0.29, 0.717) is 5.39 Å². The van der Waals surface area contributed by atoms with Crippen LogP contribution in [0.1, 0.15) is 64.4 Å². The molecule has 2 aromatic rings. The number of para-hydroxylation sites is 1. The van der Waals surface area contributed by atoms with E-state index in [0.717, 1.165) is 19.3 Å². The number of nitrogens with one attached hydrogen (secondary N) is 1. The number of carbonyl (C=O) groups is 3. The van der Waals surface area contributed by atoms with Gasteiger partial charge in [0, 0.05) is 11.4 Å². The predicted octanol–water partition coefficient (Wildman–Crippen LogP) is 4.64. The highest BCUT2D eigenvalue weighted by molar-refractivity contribution is 6.05. The predicted molar refractivity (Wildman–Crippen MR) is 133 cm³/mol. The zero-order valence-electron chi connectivity index (χ0n) is 22.0. The van der Waals surface area contributed by atoms with Crippen LogP contribution in [0.15, 0.2) is 18.2 Å². The highest BCUT2D eigenvalue weighted by atomic mass is 19.4. The number of ether oxygens (including phenoxy) is 1. The van der Waals surface area contributed by atoms with Crippen LogP contribution in [0, 0.1) is 17.2 Å². The van der Waals surface area contributed by atoms with Gasteiger partial charge in [0.1, 0.15) is 24.7 Å². The fourth-order valence-electron chi connectivity index (χ4n) is 4.09. The number of aromatic nitrogens is 2. The first-order valence-corrected chi connectivity index (χ1v) is 11.8. The molecule has 2 atom stereocenters. The van der Waals surface area contributed by atoms with E-state index in [9.17, 15) is 22.4 Å². The van der Waals surface area contributed by atoms with E-state index in [1.165, 1.54) is 16.8 Å². The van der Waals surface area contributed by atoms with Crippen molar-refractivity contribution in [1.82, 2.24) is 15.1 Å². The molecule has 0 fully saturated rings. The number of amides is 2. The molecule has 0 saturated heterocycles. The minimum atomic E-state index is -4.45. The monoisotopic (exact) mass is 534 g/mol. The Morgan fingerprint density at radius 1 is 1.24 bits per heavy atom. The number of nitrogens with two attached hydrogens (primary N) is 1. The number of hydrogen-bond acceptors (Lipinski definition) is 5. The number of carbonyl (C=O) groups excluding carboxylic acids is 3. The van der Waals surface area contributed by atoms with Crippen molar-refractivity contribution in [3.05, 3.63) is 29.7 Å². The normalized spacial score (nSPS) is 13.0. The molecule has 0 aliphatic carbocycles. The standard InChI is InChI=1S/C23H33F4N3O2.CH3NO.CH2O/c1-6-9-15(7-2)20(22(3,4)5)28-21(31)18-16-10-8-11-17(24)19(16)30(29-18)12-13-32-14-23(25,26)27;2-1-3;1-2/h8,10-11,15,20H,6-7,9,12-14H2,1-5H3,(H,28,31);1H,(H2,2,3);1H2. The maximum atomic E-state index is 14.5. The van der Waals surface area contributed by atoms with Gasteiger partial charge in [0.25, 0.3) is 5.91 Å². The van der Waals surface area contributed by atoms with Crippen LogP contribution in [0.25, 0.3) is 10.9 Å². The Kier molecular flexibility index (Phi) is 14.7. The Bertz CT molecular complexity index is 974. The maximum absolute atomic E-state index is 14.5. The van der Waals surface area contributed by atoms with Crippen LogP contribution < -0.4 is 11.1 Å². The molecule has 2 amide bonds. The number of halogens is 4. The second-order valence-electron chi connectivity index (χ2n) is 9.29. The molecule has 0 bridgehead atoms. The lowest BCUT2D eigenvalue weighted by Crippen LogP contribution is -2.48. The van der Waals surface area contributed by atoms with E-state index in [1.54, 1.807) is 6.07 Å². The summed E-state index contributed by atoms with van der Waals surface area (Å²) in [6.07, 6.45) is -1.35. The van der Waals surface area contributed by atoms with Crippen LogP contribution in [0.4, 0.5) is 17.6 Å². The first-order valence-electron chi connectivity index (χ1n) is 11.8. The Labute approximate surface area is 214 Å². The fourth-order valence-corrected chi connectivity index (χ4v) is 4.09. The summed E-state index contributed by atoms with van der Waals surface area (Å²) in [7, 11) is 0. The van der Waals surface area contributed by atoms with E-state index in [4.69, 9.17) is 9.59 Å². The molecule has 0 radical (unpaired) electrons. The summed E-state index contributed by atoms with van der Waals surface area (Å²) in [6.45, 7) is 10.5. The second kappa shape index (κ2) is 16.0. The number of primary amides is 1. The summed E-state index contributed by atoms with van der Waals surface area (Å²) in [4.78, 5) is 29.8.